The van der Waals surface area contributed by atoms with Gasteiger partial charge in [-0.25, -0.2) is 13.2 Å². The fourth-order valence-corrected chi connectivity index (χ4v) is 4.58. The number of amidine groups is 1. The first-order valence-corrected chi connectivity index (χ1v) is 10.9. The van der Waals surface area contributed by atoms with Crippen molar-refractivity contribution in [1.82, 2.24) is 10.2 Å². The van der Waals surface area contributed by atoms with Crippen molar-refractivity contribution < 1.29 is 17.9 Å². The van der Waals surface area contributed by atoms with Crippen molar-refractivity contribution in [3.05, 3.63) is 29.3 Å². The second-order valence-electron chi connectivity index (χ2n) is 6.88. The molecule has 0 saturated carbocycles. The van der Waals surface area contributed by atoms with Gasteiger partial charge in [-0.15, -0.1) is 4.40 Å². The molecule has 1 aromatic rings. The van der Waals surface area contributed by atoms with Gasteiger partial charge < -0.3 is 20.7 Å². The molecule has 3 rings (SSSR count). The number of nitrogens with zero attached hydrogens (tertiary/aromatic N) is 2. The minimum absolute atomic E-state index is 0.0306. The van der Waals surface area contributed by atoms with E-state index in [0.717, 1.165) is 25.7 Å². The zero-order chi connectivity index (χ0) is 19.4. The Bertz CT molecular complexity index is 838. The van der Waals surface area contributed by atoms with E-state index in [1.54, 1.807) is 18.2 Å². The van der Waals surface area contributed by atoms with Crippen LogP contribution in [0.4, 0.5) is 4.79 Å². The van der Waals surface area contributed by atoms with Crippen LogP contribution in [0.15, 0.2) is 22.6 Å². The molecule has 0 radical (unpaired) electrons. The number of nitrogens with one attached hydrogen (secondary N) is 1. The highest BCUT2D eigenvalue weighted by Crippen LogP contribution is 2.29. The number of amides is 2. The first-order valence-electron chi connectivity index (χ1n) is 9.29. The second kappa shape index (κ2) is 8.16. The number of nitrogens with two attached hydrogens (primary N) is 1. The lowest BCUT2D eigenvalue weighted by atomic mass is 10.0. The first kappa shape index (κ1) is 19.5. The molecule has 148 valence electrons. The highest BCUT2D eigenvalue weighted by molar-refractivity contribution is 7.89. The largest absolute Gasteiger partial charge is 0.491 e. The number of likely N-dealkylation sites (tertiary alicyclic amines) is 1. The summed E-state index contributed by atoms with van der Waals surface area (Å²) in [5, 5.41) is 2.92. The summed E-state index contributed by atoms with van der Waals surface area (Å²) in [6.07, 6.45) is 3.78. The number of sulfonamides is 1. The maximum Gasteiger partial charge on any atom is 0.317 e. The summed E-state index contributed by atoms with van der Waals surface area (Å²) in [5.74, 6) is 0.269. The summed E-state index contributed by atoms with van der Waals surface area (Å²) >= 11 is 0. The van der Waals surface area contributed by atoms with Crippen LogP contribution in [-0.2, 0) is 15.8 Å². The quantitative estimate of drug-likeness (QED) is 0.787. The molecule has 2 aliphatic rings. The molecule has 0 aliphatic carbocycles. The van der Waals surface area contributed by atoms with Crippen LogP contribution >= 0.6 is 0 Å². The molecule has 1 atom stereocenters. The van der Waals surface area contributed by atoms with Gasteiger partial charge in [-0.05, 0) is 37.3 Å². The number of piperidine rings is 1. The van der Waals surface area contributed by atoms with Crippen molar-refractivity contribution >= 4 is 21.9 Å². The summed E-state index contributed by atoms with van der Waals surface area (Å²) in [5.41, 5.74) is 7.00. The van der Waals surface area contributed by atoms with Crippen LogP contribution in [0.25, 0.3) is 0 Å². The minimum Gasteiger partial charge on any atom is -0.491 e. The molecule has 1 aromatic carbocycles. The Morgan fingerprint density at radius 3 is 3.00 bits per heavy atom. The molecule has 0 aromatic heterocycles. The van der Waals surface area contributed by atoms with Gasteiger partial charge in [0.15, 0.2) is 0 Å². The standard InChI is InChI=1S/C18H26N4O4S/c1-2-9-20-18(23)22-10-4-3-7-14(22)11-26-15-8-5-6-13-12-27(24,25)21-17(19)16(13)15/h5-6,8,14H,2-4,7,9-12H2,1H3,(H2,19,21)(H,20,23). The van der Waals surface area contributed by atoms with Crippen molar-refractivity contribution in [2.24, 2.45) is 10.1 Å². The molecule has 27 heavy (non-hydrogen) atoms. The monoisotopic (exact) mass is 394 g/mol. The Kier molecular flexibility index (Phi) is 5.88. The average molecular weight is 394 g/mol. The van der Waals surface area contributed by atoms with Gasteiger partial charge in [0.05, 0.1) is 17.4 Å². The number of benzene rings is 1. The zero-order valence-electron chi connectivity index (χ0n) is 15.5. The van der Waals surface area contributed by atoms with Crippen molar-refractivity contribution in [1.29, 1.82) is 0 Å². The predicted octanol–water partition coefficient (Wildman–Crippen LogP) is 1.59. The molecule has 8 nitrogen and oxygen atoms in total. The van der Waals surface area contributed by atoms with Crippen LogP contribution in [0.3, 0.4) is 0 Å². The second-order valence-corrected chi connectivity index (χ2v) is 8.51. The molecular weight excluding hydrogens is 368 g/mol. The van der Waals surface area contributed by atoms with Gasteiger partial charge in [0, 0.05) is 13.1 Å². The summed E-state index contributed by atoms with van der Waals surface area (Å²) in [6.45, 7) is 3.70. The molecule has 2 aliphatic heterocycles. The number of hydrogen-bond acceptors (Lipinski definition) is 5. The molecule has 3 N–H and O–H groups in total. The van der Waals surface area contributed by atoms with E-state index in [-0.39, 0.29) is 23.7 Å². The minimum atomic E-state index is -3.58. The molecule has 2 heterocycles. The fourth-order valence-electron chi connectivity index (χ4n) is 3.49. The summed E-state index contributed by atoms with van der Waals surface area (Å²) in [6, 6.07) is 5.12. The van der Waals surface area contributed by atoms with Gasteiger partial charge in [-0.3, -0.25) is 0 Å². The van der Waals surface area contributed by atoms with Gasteiger partial charge in [-0.2, -0.15) is 0 Å². The van der Waals surface area contributed by atoms with Gasteiger partial charge in [0.25, 0.3) is 10.0 Å². The molecule has 0 spiro atoms. The lowest BCUT2D eigenvalue weighted by Crippen LogP contribution is -2.51. The Morgan fingerprint density at radius 1 is 1.41 bits per heavy atom. The SMILES string of the molecule is CCCNC(=O)N1CCCCC1COc1cccc2c1C(N)=NS(=O)(=O)C2. The molecule has 1 unspecified atom stereocenters. The molecule has 0 bridgehead atoms. The normalized spacial score (nSPS) is 21.1. The summed E-state index contributed by atoms with van der Waals surface area (Å²) < 4.78 is 33.2. The third kappa shape index (κ3) is 4.52. The van der Waals surface area contributed by atoms with Gasteiger partial charge in [0.1, 0.15) is 18.2 Å². The fraction of sp³-hybridized carbons (Fsp3) is 0.556. The van der Waals surface area contributed by atoms with E-state index in [1.165, 1.54) is 0 Å². The number of ether oxygens (including phenoxy) is 1. The first-order chi connectivity index (χ1) is 12.9. The van der Waals surface area contributed by atoms with Crippen LogP contribution in [0.5, 0.6) is 5.75 Å². The molecule has 1 fully saturated rings. The summed E-state index contributed by atoms with van der Waals surface area (Å²) in [7, 11) is -3.58. The van der Waals surface area contributed by atoms with Gasteiger partial charge >= 0.3 is 6.03 Å². The van der Waals surface area contributed by atoms with Crippen LogP contribution in [0, 0.1) is 0 Å². The number of rotatable bonds is 5. The molecule has 9 heteroatoms. The topological polar surface area (TPSA) is 114 Å². The number of carbonyl (C=O) groups is 1. The third-order valence-electron chi connectivity index (χ3n) is 4.79. The average Bonchev–Trinajstić information content (AvgIpc) is 2.63. The molecule has 1 saturated heterocycles. The highest BCUT2D eigenvalue weighted by atomic mass is 32.2. The Labute approximate surface area is 159 Å². The molecular formula is C18H26N4O4S. The smallest absolute Gasteiger partial charge is 0.317 e. The maximum absolute atomic E-state index is 12.4. The van der Waals surface area contributed by atoms with E-state index in [9.17, 15) is 13.2 Å². The number of urea groups is 1. The predicted molar refractivity (Wildman–Crippen MR) is 103 cm³/mol. The highest BCUT2D eigenvalue weighted by Gasteiger charge is 2.29. The van der Waals surface area contributed by atoms with Crippen LogP contribution in [0.1, 0.15) is 43.7 Å². The van der Waals surface area contributed by atoms with E-state index < -0.39 is 10.0 Å². The lowest BCUT2D eigenvalue weighted by molar-refractivity contribution is 0.116. The molecule has 2 amide bonds. The van der Waals surface area contributed by atoms with E-state index in [1.807, 2.05) is 11.8 Å². The number of carbonyl (C=O) groups excluding carboxylic acids is 1. The maximum atomic E-state index is 12.4. The van der Waals surface area contributed by atoms with E-state index in [0.29, 0.717) is 36.6 Å². The summed E-state index contributed by atoms with van der Waals surface area (Å²) in [4.78, 5) is 14.2. The van der Waals surface area contributed by atoms with Crippen LogP contribution in [0.2, 0.25) is 0 Å². The lowest BCUT2D eigenvalue weighted by Gasteiger charge is -2.35. The Balaban J connectivity index is 1.74. The van der Waals surface area contributed by atoms with Gasteiger partial charge in [0.2, 0.25) is 0 Å². The van der Waals surface area contributed by atoms with Gasteiger partial charge in [-0.1, -0.05) is 19.1 Å². The van der Waals surface area contributed by atoms with Crippen LogP contribution in [-0.4, -0.2) is 50.9 Å². The van der Waals surface area contributed by atoms with E-state index >= 15 is 0 Å². The van der Waals surface area contributed by atoms with E-state index in [2.05, 4.69) is 9.71 Å². The zero-order valence-corrected chi connectivity index (χ0v) is 16.3. The van der Waals surface area contributed by atoms with Crippen molar-refractivity contribution in [3.63, 3.8) is 0 Å². The number of hydrogen-bond donors (Lipinski definition) is 2. The Hall–Kier alpha value is -2.29. The van der Waals surface area contributed by atoms with Crippen molar-refractivity contribution in [2.45, 2.75) is 44.4 Å². The van der Waals surface area contributed by atoms with Crippen molar-refractivity contribution in [3.8, 4) is 5.75 Å². The van der Waals surface area contributed by atoms with E-state index in [4.69, 9.17) is 10.5 Å². The van der Waals surface area contributed by atoms with Crippen LogP contribution < -0.4 is 15.8 Å². The number of fused-ring (bicyclic) bond motifs is 1. The third-order valence-corrected chi connectivity index (χ3v) is 5.94. The van der Waals surface area contributed by atoms with Crippen molar-refractivity contribution in [2.75, 3.05) is 19.7 Å². The Morgan fingerprint density at radius 2 is 2.22 bits per heavy atom.